The third-order valence-corrected chi connectivity index (χ3v) is 5.50. The van der Waals surface area contributed by atoms with Gasteiger partial charge in [0.2, 0.25) is 5.91 Å². The summed E-state index contributed by atoms with van der Waals surface area (Å²) in [7, 11) is 0. The van der Waals surface area contributed by atoms with Crippen LogP contribution in [0.5, 0.6) is 0 Å². The highest BCUT2D eigenvalue weighted by Gasteiger charge is 2.36. The maximum Gasteiger partial charge on any atom is 0.228 e. The number of carbonyl (C=O) groups is 1. The predicted molar refractivity (Wildman–Crippen MR) is 101 cm³/mol. The zero-order chi connectivity index (χ0) is 17.8. The molecule has 1 aliphatic rings. The van der Waals surface area contributed by atoms with Crippen LogP contribution in [0.25, 0.3) is 11.4 Å². The van der Waals surface area contributed by atoms with E-state index >= 15 is 0 Å². The average molecular weight is 368 g/mol. The molecule has 1 fully saturated rings. The van der Waals surface area contributed by atoms with Crippen molar-refractivity contribution in [3.8, 4) is 11.4 Å². The Morgan fingerprint density at radius 3 is 2.73 bits per heavy atom. The van der Waals surface area contributed by atoms with Crippen LogP contribution in [0.15, 0.2) is 54.3 Å². The molecule has 3 aromatic heterocycles. The number of hydrogen-bond acceptors (Lipinski definition) is 5. The fourth-order valence-electron chi connectivity index (χ4n) is 3.35. The van der Waals surface area contributed by atoms with Gasteiger partial charge in [0.15, 0.2) is 5.13 Å². The van der Waals surface area contributed by atoms with Crippen molar-refractivity contribution >= 4 is 22.4 Å². The highest BCUT2D eigenvalue weighted by atomic mass is 32.1. The topological polar surface area (TPSA) is 69.0 Å². The average Bonchev–Trinajstić information content (AvgIpc) is 3.35. The van der Waals surface area contributed by atoms with Gasteiger partial charge < -0.3 is 14.6 Å². The maximum atomic E-state index is 12.7. The van der Waals surface area contributed by atoms with E-state index in [9.17, 15) is 4.79 Å². The molecule has 4 heterocycles. The van der Waals surface area contributed by atoms with Crippen molar-refractivity contribution < 1.29 is 9.53 Å². The predicted octanol–water partition coefficient (Wildman–Crippen LogP) is 3.54. The summed E-state index contributed by atoms with van der Waals surface area (Å²) in [5, 5.41) is 5.47. The number of carbonyl (C=O) groups excluding carboxylic acids is 1. The first-order valence-corrected chi connectivity index (χ1v) is 9.51. The molecule has 0 unspecified atom stereocenters. The Bertz CT molecular complexity index is 855. The molecule has 0 bridgehead atoms. The summed E-state index contributed by atoms with van der Waals surface area (Å²) in [4.78, 5) is 21.5. The molecule has 4 rings (SSSR count). The molecule has 6 nitrogen and oxygen atoms in total. The van der Waals surface area contributed by atoms with Crippen LogP contribution in [0.4, 0.5) is 5.13 Å². The van der Waals surface area contributed by atoms with Gasteiger partial charge in [-0.15, -0.1) is 11.3 Å². The lowest BCUT2D eigenvalue weighted by Crippen LogP contribution is -2.42. The van der Waals surface area contributed by atoms with Gasteiger partial charge in [0.25, 0.3) is 0 Å². The number of aromatic nitrogens is 3. The van der Waals surface area contributed by atoms with Crippen LogP contribution < -0.4 is 5.32 Å². The summed E-state index contributed by atoms with van der Waals surface area (Å²) in [6.07, 6.45) is 7.85. The van der Waals surface area contributed by atoms with E-state index in [0.29, 0.717) is 24.8 Å². The van der Waals surface area contributed by atoms with Crippen LogP contribution in [0.1, 0.15) is 19.3 Å². The Morgan fingerprint density at radius 1 is 1.19 bits per heavy atom. The van der Waals surface area contributed by atoms with E-state index in [-0.39, 0.29) is 11.4 Å². The second kappa shape index (κ2) is 7.39. The first kappa shape index (κ1) is 16.9. The van der Waals surface area contributed by atoms with Gasteiger partial charge in [-0.05, 0) is 37.1 Å². The highest BCUT2D eigenvalue weighted by Crippen LogP contribution is 2.33. The van der Waals surface area contributed by atoms with E-state index in [0.717, 1.165) is 24.2 Å². The number of anilines is 1. The summed E-state index contributed by atoms with van der Waals surface area (Å²) in [5.74, 6) is -0.0254. The fourth-order valence-corrected chi connectivity index (χ4v) is 4.07. The van der Waals surface area contributed by atoms with Crippen molar-refractivity contribution in [1.29, 1.82) is 0 Å². The highest BCUT2D eigenvalue weighted by molar-refractivity contribution is 7.14. The molecule has 0 aromatic carbocycles. The number of nitrogens with zero attached hydrogens (tertiary/aromatic N) is 3. The zero-order valence-electron chi connectivity index (χ0n) is 14.3. The third-order valence-electron chi connectivity index (χ3n) is 4.74. The van der Waals surface area contributed by atoms with Crippen molar-refractivity contribution in [2.45, 2.75) is 24.8 Å². The van der Waals surface area contributed by atoms with Crippen LogP contribution in [0.2, 0.25) is 0 Å². The molecule has 1 amide bonds. The minimum absolute atomic E-state index is 0.0254. The molecule has 1 aliphatic heterocycles. The fraction of sp³-hybridized carbons (Fsp3) is 0.316. The van der Waals surface area contributed by atoms with Gasteiger partial charge in [0.05, 0.1) is 17.7 Å². The largest absolute Gasteiger partial charge is 0.381 e. The van der Waals surface area contributed by atoms with E-state index in [1.54, 1.807) is 6.20 Å². The minimum atomic E-state index is -0.229. The molecule has 1 saturated heterocycles. The summed E-state index contributed by atoms with van der Waals surface area (Å²) in [6, 6.07) is 9.69. The minimum Gasteiger partial charge on any atom is -0.381 e. The lowest BCUT2D eigenvalue weighted by Gasteiger charge is -2.38. The van der Waals surface area contributed by atoms with Gasteiger partial charge in [0, 0.05) is 37.2 Å². The molecule has 1 N–H and O–H groups in total. The number of amides is 1. The number of thiazole rings is 1. The number of ether oxygens (including phenoxy) is 1. The molecule has 0 radical (unpaired) electrons. The van der Waals surface area contributed by atoms with E-state index in [4.69, 9.17) is 4.74 Å². The van der Waals surface area contributed by atoms with Gasteiger partial charge >= 0.3 is 0 Å². The van der Waals surface area contributed by atoms with Crippen LogP contribution in [-0.4, -0.2) is 33.7 Å². The Kier molecular flexibility index (Phi) is 4.81. The SMILES string of the molecule is O=C(CC1(n2cccc2)CCOCC1)Nc1nc(-c2ccccn2)cs1. The monoisotopic (exact) mass is 368 g/mol. The van der Waals surface area contributed by atoms with Crippen molar-refractivity contribution in [2.75, 3.05) is 18.5 Å². The number of pyridine rings is 1. The molecule has 0 spiro atoms. The number of rotatable bonds is 5. The standard InChI is InChI=1S/C19H20N4O2S/c24-17(13-19(6-11-25-12-7-19)23-9-3-4-10-23)22-18-21-16(14-26-18)15-5-1-2-8-20-15/h1-5,8-10,14H,6-7,11-13H2,(H,21,22,24). The Morgan fingerprint density at radius 2 is 2.00 bits per heavy atom. The van der Waals surface area contributed by atoms with Crippen LogP contribution in [-0.2, 0) is 15.1 Å². The lowest BCUT2D eigenvalue weighted by molar-refractivity contribution is -0.119. The second-order valence-corrected chi connectivity index (χ2v) is 7.26. The normalized spacial score (nSPS) is 16.3. The van der Waals surface area contributed by atoms with Gasteiger partial charge in [-0.3, -0.25) is 9.78 Å². The van der Waals surface area contributed by atoms with E-state index in [1.807, 2.05) is 48.1 Å². The lowest BCUT2D eigenvalue weighted by atomic mass is 9.86. The van der Waals surface area contributed by atoms with E-state index < -0.39 is 0 Å². The Labute approximate surface area is 155 Å². The first-order chi connectivity index (χ1) is 12.8. The molecule has 26 heavy (non-hydrogen) atoms. The number of hydrogen-bond donors (Lipinski definition) is 1. The van der Waals surface area contributed by atoms with Gasteiger partial charge in [-0.1, -0.05) is 6.07 Å². The molecular weight excluding hydrogens is 348 g/mol. The summed E-state index contributed by atoms with van der Waals surface area (Å²) in [5.41, 5.74) is 1.35. The molecule has 0 atom stereocenters. The zero-order valence-corrected chi connectivity index (χ0v) is 15.1. The molecule has 7 heteroatoms. The third kappa shape index (κ3) is 3.54. The molecule has 134 valence electrons. The Balaban J connectivity index is 1.47. The molecular formula is C19H20N4O2S. The van der Waals surface area contributed by atoms with Crippen LogP contribution in [0, 0.1) is 0 Å². The second-order valence-electron chi connectivity index (χ2n) is 6.40. The summed E-state index contributed by atoms with van der Waals surface area (Å²) in [6.45, 7) is 1.35. The summed E-state index contributed by atoms with van der Waals surface area (Å²) >= 11 is 1.42. The maximum absolute atomic E-state index is 12.7. The molecule has 3 aromatic rings. The smallest absolute Gasteiger partial charge is 0.228 e. The van der Waals surface area contributed by atoms with Gasteiger partial charge in [-0.25, -0.2) is 4.98 Å². The van der Waals surface area contributed by atoms with Crippen molar-refractivity contribution in [2.24, 2.45) is 0 Å². The van der Waals surface area contributed by atoms with E-state index in [1.165, 1.54) is 11.3 Å². The van der Waals surface area contributed by atoms with Crippen LogP contribution >= 0.6 is 11.3 Å². The molecule has 0 saturated carbocycles. The number of nitrogens with one attached hydrogen (secondary N) is 1. The summed E-state index contributed by atoms with van der Waals surface area (Å²) < 4.78 is 7.66. The van der Waals surface area contributed by atoms with Gasteiger partial charge in [-0.2, -0.15) is 0 Å². The Hall–Kier alpha value is -2.51. The van der Waals surface area contributed by atoms with Crippen LogP contribution in [0.3, 0.4) is 0 Å². The molecule has 0 aliphatic carbocycles. The van der Waals surface area contributed by atoms with Crippen molar-refractivity contribution in [3.63, 3.8) is 0 Å². The van der Waals surface area contributed by atoms with Gasteiger partial charge in [0.1, 0.15) is 5.69 Å². The van der Waals surface area contributed by atoms with Crippen molar-refractivity contribution in [3.05, 3.63) is 54.3 Å². The first-order valence-electron chi connectivity index (χ1n) is 8.63. The van der Waals surface area contributed by atoms with E-state index in [2.05, 4.69) is 19.9 Å². The van der Waals surface area contributed by atoms with Crippen molar-refractivity contribution in [1.82, 2.24) is 14.5 Å². The quantitative estimate of drug-likeness (QED) is 0.748.